The molecule has 4 N–H and O–H groups in total. The van der Waals surface area contributed by atoms with Gasteiger partial charge in [-0.3, -0.25) is 38.7 Å². The van der Waals surface area contributed by atoms with Crippen LogP contribution in [0.4, 0.5) is 0 Å². The van der Waals surface area contributed by atoms with E-state index in [1.165, 1.54) is 21.6 Å². The first-order chi connectivity index (χ1) is 13.9. The number of ketones is 1. The molecule has 1 atom stereocenters. The van der Waals surface area contributed by atoms with E-state index in [0.717, 1.165) is 0 Å². The van der Waals surface area contributed by atoms with Crippen molar-refractivity contribution in [1.82, 2.24) is 14.7 Å². The average molecular weight is 435 g/mol. The highest BCUT2D eigenvalue weighted by Crippen LogP contribution is 2.04. The molecule has 12 nitrogen and oxygen atoms in total. The number of carbonyl (C=O) groups is 5. The zero-order valence-corrected chi connectivity index (χ0v) is 17.9. The Bertz CT molecular complexity index is 551. The third-order valence-corrected chi connectivity index (χ3v) is 3.72. The number of carboxylic acids is 4. The van der Waals surface area contributed by atoms with Crippen LogP contribution in [0.3, 0.4) is 0 Å². The van der Waals surface area contributed by atoms with E-state index in [1.54, 1.807) is 6.92 Å². The molecule has 0 radical (unpaired) electrons. The van der Waals surface area contributed by atoms with Crippen LogP contribution in [0.25, 0.3) is 0 Å². The van der Waals surface area contributed by atoms with Crippen LogP contribution >= 0.6 is 0 Å². The van der Waals surface area contributed by atoms with Crippen molar-refractivity contribution in [1.29, 1.82) is 0 Å². The first-order valence-electron chi connectivity index (χ1n) is 9.46. The number of carbonyl (C=O) groups excluding carboxylic acids is 1. The van der Waals surface area contributed by atoms with E-state index < -0.39 is 49.6 Å². The molecule has 1 unspecified atom stereocenters. The molecule has 0 saturated carbocycles. The molecule has 0 rings (SSSR count). The molecule has 0 amide bonds. The molecular formula is C18H33N3O9. The Hall–Kier alpha value is -2.57. The zero-order chi connectivity index (χ0) is 23.9. The summed E-state index contributed by atoms with van der Waals surface area (Å²) in [6.45, 7) is 5.19. The van der Waals surface area contributed by atoms with E-state index in [0.29, 0.717) is 0 Å². The Labute approximate surface area is 175 Å². The van der Waals surface area contributed by atoms with Crippen LogP contribution in [-0.4, -0.2) is 123 Å². The van der Waals surface area contributed by atoms with Crippen molar-refractivity contribution in [3.63, 3.8) is 0 Å². The van der Waals surface area contributed by atoms with E-state index in [9.17, 15) is 24.0 Å². The van der Waals surface area contributed by atoms with Gasteiger partial charge in [0.1, 0.15) is 5.78 Å². The highest BCUT2D eigenvalue weighted by atomic mass is 16.4. The minimum absolute atomic E-state index is 0.0494. The summed E-state index contributed by atoms with van der Waals surface area (Å²) in [7, 11) is 0. The monoisotopic (exact) mass is 435 g/mol. The van der Waals surface area contributed by atoms with Crippen LogP contribution in [0, 0.1) is 0 Å². The van der Waals surface area contributed by atoms with Gasteiger partial charge in [0.05, 0.1) is 32.7 Å². The molecule has 0 bridgehead atoms. The third kappa shape index (κ3) is 16.4. The molecule has 12 heteroatoms. The Morgan fingerprint density at radius 2 is 1.03 bits per heavy atom. The van der Waals surface area contributed by atoms with Crippen LogP contribution in [-0.2, 0) is 24.0 Å². The summed E-state index contributed by atoms with van der Waals surface area (Å²) in [5.74, 6) is -4.95. The molecule has 30 heavy (non-hydrogen) atoms. The van der Waals surface area contributed by atoms with Gasteiger partial charge in [0.2, 0.25) is 0 Å². The number of hydrogen-bond acceptors (Lipinski definition) is 8. The maximum Gasteiger partial charge on any atom is 0.317 e. The fraction of sp³-hybridized carbons (Fsp3) is 0.722. The second-order valence-electron chi connectivity index (χ2n) is 6.48. The molecule has 0 saturated heterocycles. The number of carboxylic acid groups (broad SMARTS) is 4. The van der Waals surface area contributed by atoms with Crippen LogP contribution in [0.5, 0.6) is 0 Å². The lowest BCUT2D eigenvalue weighted by Crippen LogP contribution is -2.49. The van der Waals surface area contributed by atoms with Crippen molar-refractivity contribution in [3.05, 3.63) is 0 Å². The highest BCUT2D eigenvalue weighted by Gasteiger charge is 2.23. The summed E-state index contributed by atoms with van der Waals surface area (Å²) >= 11 is 0. The van der Waals surface area contributed by atoms with Gasteiger partial charge in [-0.2, -0.15) is 0 Å². The molecule has 0 aliphatic heterocycles. The number of hydrogen-bond donors (Lipinski definition) is 4. The van der Waals surface area contributed by atoms with E-state index in [-0.39, 0.29) is 38.5 Å². The molecule has 0 heterocycles. The topological polar surface area (TPSA) is 176 Å². The predicted octanol–water partition coefficient (Wildman–Crippen LogP) is -0.765. The van der Waals surface area contributed by atoms with Gasteiger partial charge in [-0.15, -0.1) is 0 Å². The van der Waals surface area contributed by atoms with Gasteiger partial charge in [0.25, 0.3) is 0 Å². The Kier molecular flexibility index (Phi) is 16.1. The molecule has 0 spiro atoms. The second kappa shape index (κ2) is 16.3. The summed E-state index contributed by atoms with van der Waals surface area (Å²) < 4.78 is 0. The van der Waals surface area contributed by atoms with E-state index in [4.69, 9.17) is 20.4 Å². The number of rotatable bonds is 16. The molecule has 0 aromatic carbocycles. The Morgan fingerprint density at radius 1 is 0.667 bits per heavy atom. The van der Waals surface area contributed by atoms with Crippen molar-refractivity contribution < 1.29 is 44.4 Å². The maximum atomic E-state index is 11.3. The van der Waals surface area contributed by atoms with Crippen molar-refractivity contribution in [2.75, 3.05) is 52.4 Å². The number of nitrogens with zero attached hydrogens (tertiary/aromatic N) is 3. The first kappa shape index (κ1) is 29.6. The first-order valence-corrected chi connectivity index (χ1v) is 9.46. The minimum Gasteiger partial charge on any atom is -0.480 e. The largest absolute Gasteiger partial charge is 0.480 e. The maximum absolute atomic E-state index is 11.3. The molecule has 0 fully saturated rings. The van der Waals surface area contributed by atoms with Gasteiger partial charge >= 0.3 is 23.9 Å². The van der Waals surface area contributed by atoms with Crippen LogP contribution in [0.15, 0.2) is 0 Å². The summed E-state index contributed by atoms with van der Waals surface area (Å²) in [6, 6.07) is -0.590. The SMILES string of the molecule is CC.CC(=O)CN(CCN(CC(=O)O)CC(C)N(CC(=O)O)CC(=O)O)CC(=O)O. The molecule has 0 aliphatic rings. The average Bonchev–Trinajstić information content (AvgIpc) is 2.58. The van der Waals surface area contributed by atoms with Crippen LogP contribution < -0.4 is 0 Å². The van der Waals surface area contributed by atoms with Crippen molar-refractivity contribution in [2.24, 2.45) is 0 Å². The quantitative estimate of drug-likeness (QED) is 0.238. The van der Waals surface area contributed by atoms with Gasteiger partial charge in [-0.1, -0.05) is 13.8 Å². The van der Waals surface area contributed by atoms with Crippen LogP contribution in [0.2, 0.25) is 0 Å². The highest BCUT2D eigenvalue weighted by molar-refractivity contribution is 5.78. The van der Waals surface area contributed by atoms with Crippen LogP contribution in [0.1, 0.15) is 27.7 Å². The van der Waals surface area contributed by atoms with Crippen molar-refractivity contribution >= 4 is 29.7 Å². The minimum atomic E-state index is -1.22. The summed E-state index contributed by atoms with van der Waals surface area (Å²) in [4.78, 5) is 59.2. The van der Waals surface area contributed by atoms with Gasteiger partial charge < -0.3 is 20.4 Å². The van der Waals surface area contributed by atoms with E-state index >= 15 is 0 Å². The molecular weight excluding hydrogens is 402 g/mol. The number of aliphatic carboxylic acids is 4. The third-order valence-electron chi connectivity index (χ3n) is 3.72. The lowest BCUT2D eigenvalue weighted by molar-refractivity contribution is -0.144. The van der Waals surface area contributed by atoms with E-state index in [2.05, 4.69) is 0 Å². The molecule has 174 valence electrons. The fourth-order valence-corrected chi connectivity index (χ4v) is 2.63. The second-order valence-corrected chi connectivity index (χ2v) is 6.48. The van der Waals surface area contributed by atoms with Crippen molar-refractivity contribution in [3.8, 4) is 0 Å². The van der Waals surface area contributed by atoms with Gasteiger partial charge in [0.15, 0.2) is 0 Å². The van der Waals surface area contributed by atoms with Gasteiger partial charge in [-0.25, -0.2) is 0 Å². The fourth-order valence-electron chi connectivity index (χ4n) is 2.63. The normalized spacial score (nSPS) is 11.7. The Balaban J connectivity index is 0. The lowest BCUT2D eigenvalue weighted by Gasteiger charge is -2.32. The van der Waals surface area contributed by atoms with Gasteiger partial charge in [0, 0.05) is 25.7 Å². The van der Waals surface area contributed by atoms with Gasteiger partial charge in [-0.05, 0) is 13.8 Å². The van der Waals surface area contributed by atoms with Crippen molar-refractivity contribution in [2.45, 2.75) is 33.7 Å². The van der Waals surface area contributed by atoms with E-state index in [1.807, 2.05) is 13.8 Å². The summed E-state index contributed by atoms with van der Waals surface area (Å²) in [6.07, 6.45) is 0. The standard InChI is InChI=1S/C16H27N3O9.C2H6/c1-11(19(9-15(25)26)10-16(27)28)5-17(7-13(21)22)3-4-18(6-12(2)20)8-14(23)24;1-2/h11H,3-10H2,1-2H3,(H,21,22)(H,23,24)(H,25,26)(H,27,28);1-2H3. The molecule has 0 aromatic rings. The molecule has 0 aliphatic carbocycles. The lowest BCUT2D eigenvalue weighted by atomic mass is 10.2. The molecule has 0 aromatic heterocycles. The Morgan fingerprint density at radius 3 is 1.40 bits per heavy atom. The summed E-state index contributed by atoms with van der Waals surface area (Å²) in [5, 5.41) is 35.9. The summed E-state index contributed by atoms with van der Waals surface area (Å²) in [5.41, 5.74) is 0. The predicted molar refractivity (Wildman–Crippen MR) is 106 cm³/mol. The smallest absolute Gasteiger partial charge is 0.317 e. The zero-order valence-electron chi connectivity index (χ0n) is 17.9. The number of Topliss-reactive ketones (excluding diaryl/α,β-unsaturated/α-hetero) is 1.